The van der Waals surface area contributed by atoms with Gasteiger partial charge in [-0.3, -0.25) is 4.79 Å². The Morgan fingerprint density at radius 3 is 2.68 bits per heavy atom. The van der Waals surface area contributed by atoms with Gasteiger partial charge in [0.05, 0.1) is 5.03 Å². The first-order valence-corrected chi connectivity index (χ1v) is 8.79. The van der Waals surface area contributed by atoms with Crippen LogP contribution in [0.15, 0.2) is 53.7 Å². The van der Waals surface area contributed by atoms with Crippen LogP contribution in [0.1, 0.15) is 42.6 Å². The molecule has 1 heterocycles. The number of carbonyl (C=O) groups is 1. The fraction of sp³-hybridized carbons (Fsp3) is 0.368. The first-order chi connectivity index (χ1) is 10.7. The summed E-state index contributed by atoms with van der Waals surface area (Å²) in [6.45, 7) is 2.20. The van der Waals surface area contributed by atoms with Gasteiger partial charge in [-0.25, -0.2) is 4.98 Å². The van der Waals surface area contributed by atoms with Crippen LogP contribution in [0.25, 0.3) is 0 Å². The maximum atomic E-state index is 11.7. The number of Topliss-reactive ketones (excluding diaryl/α,β-unsaturated/α-hetero) is 1. The van der Waals surface area contributed by atoms with E-state index in [1.165, 1.54) is 11.1 Å². The van der Waals surface area contributed by atoms with Crippen LogP contribution < -0.4 is 0 Å². The lowest BCUT2D eigenvalue weighted by molar-refractivity contribution is -0.120. The average Bonchev–Trinajstić information content (AvgIpc) is 2.94. The molecule has 0 spiro atoms. The van der Waals surface area contributed by atoms with Gasteiger partial charge in [0.25, 0.3) is 0 Å². The number of aromatic nitrogens is 1. The summed E-state index contributed by atoms with van der Waals surface area (Å²) >= 11 is 1.77. The Hall–Kier alpha value is -1.61. The van der Waals surface area contributed by atoms with Crippen LogP contribution in [0.3, 0.4) is 0 Å². The van der Waals surface area contributed by atoms with Crippen LogP contribution >= 0.6 is 11.8 Å². The molecule has 1 aromatic heterocycles. The second-order valence-corrected chi connectivity index (χ2v) is 7.29. The highest BCUT2D eigenvalue weighted by molar-refractivity contribution is 7.99. The van der Waals surface area contributed by atoms with E-state index in [0.29, 0.717) is 11.0 Å². The molecular formula is C19H21NOS. The summed E-state index contributed by atoms with van der Waals surface area (Å²) in [5.41, 5.74) is 2.58. The van der Waals surface area contributed by atoms with Crippen molar-refractivity contribution in [3.8, 4) is 0 Å². The van der Waals surface area contributed by atoms with Crippen molar-refractivity contribution in [2.45, 2.75) is 42.9 Å². The number of rotatable bonds is 5. The lowest BCUT2D eigenvalue weighted by atomic mass is 9.96. The van der Waals surface area contributed by atoms with Gasteiger partial charge in [-0.2, -0.15) is 0 Å². The largest absolute Gasteiger partial charge is 0.299 e. The van der Waals surface area contributed by atoms with E-state index >= 15 is 0 Å². The molecule has 114 valence electrons. The zero-order chi connectivity index (χ0) is 15.4. The fourth-order valence-electron chi connectivity index (χ4n) is 2.98. The SMILES string of the molecule is CC(Sc1ccccn1)c1ccc(CC2CCCC2=O)cc1. The molecule has 2 aromatic rings. The molecule has 3 rings (SSSR count). The Morgan fingerprint density at radius 1 is 1.23 bits per heavy atom. The van der Waals surface area contributed by atoms with E-state index in [0.717, 1.165) is 30.7 Å². The Labute approximate surface area is 136 Å². The van der Waals surface area contributed by atoms with Crippen molar-refractivity contribution in [1.82, 2.24) is 4.98 Å². The van der Waals surface area contributed by atoms with E-state index < -0.39 is 0 Å². The molecule has 1 saturated carbocycles. The van der Waals surface area contributed by atoms with Crippen LogP contribution in [0.5, 0.6) is 0 Å². The van der Waals surface area contributed by atoms with Crippen LogP contribution in [0, 0.1) is 5.92 Å². The number of benzene rings is 1. The van der Waals surface area contributed by atoms with E-state index in [-0.39, 0.29) is 5.92 Å². The Morgan fingerprint density at radius 2 is 2.05 bits per heavy atom. The normalized spacial score (nSPS) is 19.3. The molecule has 1 fully saturated rings. The maximum Gasteiger partial charge on any atom is 0.136 e. The Kier molecular flexibility index (Phi) is 4.94. The number of pyridine rings is 1. The fourth-order valence-corrected chi connectivity index (χ4v) is 3.91. The van der Waals surface area contributed by atoms with Gasteiger partial charge in [0.2, 0.25) is 0 Å². The van der Waals surface area contributed by atoms with Gasteiger partial charge in [0.1, 0.15) is 5.78 Å². The zero-order valence-electron chi connectivity index (χ0n) is 12.9. The summed E-state index contributed by atoms with van der Waals surface area (Å²) in [6, 6.07) is 14.7. The Balaban J connectivity index is 1.62. The lowest BCUT2D eigenvalue weighted by Gasteiger charge is -2.13. The van der Waals surface area contributed by atoms with E-state index in [9.17, 15) is 4.79 Å². The van der Waals surface area contributed by atoms with Crippen molar-refractivity contribution in [3.63, 3.8) is 0 Å². The molecule has 22 heavy (non-hydrogen) atoms. The minimum atomic E-state index is 0.256. The molecule has 0 N–H and O–H groups in total. The molecule has 0 saturated heterocycles. The monoisotopic (exact) mass is 311 g/mol. The van der Waals surface area contributed by atoms with Crippen molar-refractivity contribution in [2.75, 3.05) is 0 Å². The van der Waals surface area contributed by atoms with Crippen molar-refractivity contribution in [3.05, 3.63) is 59.8 Å². The average molecular weight is 311 g/mol. The van der Waals surface area contributed by atoms with Gasteiger partial charge in [0, 0.05) is 23.8 Å². The molecular weight excluding hydrogens is 290 g/mol. The minimum absolute atomic E-state index is 0.256. The predicted molar refractivity (Wildman–Crippen MR) is 91.0 cm³/mol. The van der Waals surface area contributed by atoms with E-state index in [2.05, 4.69) is 36.2 Å². The molecule has 3 heteroatoms. The highest BCUT2D eigenvalue weighted by Crippen LogP contribution is 2.33. The molecule has 0 amide bonds. The van der Waals surface area contributed by atoms with Gasteiger partial charge in [-0.05, 0) is 49.4 Å². The number of ketones is 1. The summed E-state index contributed by atoms with van der Waals surface area (Å²) in [7, 11) is 0. The summed E-state index contributed by atoms with van der Waals surface area (Å²) in [4.78, 5) is 16.1. The first-order valence-electron chi connectivity index (χ1n) is 7.91. The standard InChI is InChI=1S/C19H21NOS/c1-14(22-19-7-2-3-12-20-19)16-10-8-15(9-11-16)13-17-5-4-6-18(17)21/h2-3,7-12,14,17H,4-6,13H2,1H3. The molecule has 2 unspecified atom stereocenters. The second-order valence-electron chi connectivity index (χ2n) is 5.93. The van der Waals surface area contributed by atoms with E-state index in [4.69, 9.17) is 0 Å². The van der Waals surface area contributed by atoms with Crippen molar-refractivity contribution in [2.24, 2.45) is 5.92 Å². The number of nitrogens with zero attached hydrogens (tertiary/aromatic N) is 1. The van der Waals surface area contributed by atoms with Gasteiger partial charge >= 0.3 is 0 Å². The summed E-state index contributed by atoms with van der Waals surface area (Å²) in [5, 5.41) is 1.42. The molecule has 2 atom stereocenters. The molecule has 1 aliphatic rings. The quantitative estimate of drug-likeness (QED) is 0.740. The number of hydrogen-bond donors (Lipinski definition) is 0. The Bertz CT molecular complexity index is 624. The van der Waals surface area contributed by atoms with Gasteiger partial charge < -0.3 is 0 Å². The minimum Gasteiger partial charge on any atom is -0.299 e. The summed E-state index contributed by atoms with van der Waals surface area (Å²) in [6.07, 6.45) is 5.64. The maximum absolute atomic E-state index is 11.7. The van der Waals surface area contributed by atoms with Gasteiger partial charge in [-0.1, -0.05) is 42.1 Å². The molecule has 1 aliphatic carbocycles. The van der Waals surface area contributed by atoms with Crippen LogP contribution in [0.2, 0.25) is 0 Å². The highest BCUT2D eigenvalue weighted by atomic mass is 32.2. The lowest BCUT2D eigenvalue weighted by Crippen LogP contribution is -2.09. The number of thioether (sulfide) groups is 1. The van der Waals surface area contributed by atoms with Crippen molar-refractivity contribution in [1.29, 1.82) is 0 Å². The smallest absolute Gasteiger partial charge is 0.136 e. The third-order valence-corrected chi connectivity index (χ3v) is 5.41. The second kappa shape index (κ2) is 7.10. The van der Waals surface area contributed by atoms with Crippen LogP contribution in [-0.2, 0) is 11.2 Å². The summed E-state index contributed by atoms with van der Waals surface area (Å²) < 4.78 is 0. The summed E-state index contributed by atoms with van der Waals surface area (Å²) in [5.74, 6) is 0.703. The van der Waals surface area contributed by atoms with Gasteiger partial charge in [0.15, 0.2) is 0 Å². The van der Waals surface area contributed by atoms with Crippen LogP contribution in [-0.4, -0.2) is 10.8 Å². The van der Waals surface area contributed by atoms with E-state index in [1.54, 1.807) is 11.8 Å². The molecule has 1 aromatic carbocycles. The molecule has 2 nitrogen and oxygen atoms in total. The first kappa shape index (κ1) is 15.3. The molecule has 0 bridgehead atoms. The highest BCUT2D eigenvalue weighted by Gasteiger charge is 2.24. The number of carbonyl (C=O) groups excluding carboxylic acids is 1. The van der Waals surface area contributed by atoms with Crippen LogP contribution in [0.4, 0.5) is 0 Å². The van der Waals surface area contributed by atoms with Crippen molar-refractivity contribution < 1.29 is 4.79 Å². The third-order valence-electron chi connectivity index (χ3n) is 4.30. The third kappa shape index (κ3) is 3.77. The zero-order valence-corrected chi connectivity index (χ0v) is 13.7. The van der Waals surface area contributed by atoms with E-state index in [1.807, 2.05) is 24.4 Å². The van der Waals surface area contributed by atoms with Gasteiger partial charge in [-0.15, -0.1) is 0 Å². The van der Waals surface area contributed by atoms with Crippen molar-refractivity contribution >= 4 is 17.5 Å². The topological polar surface area (TPSA) is 30.0 Å². The molecule has 0 radical (unpaired) electrons. The number of hydrogen-bond acceptors (Lipinski definition) is 3. The predicted octanol–water partition coefficient (Wildman–Crippen LogP) is 4.85. The molecule has 0 aliphatic heterocycles.